The molecule has 2 heterocycles. The van der Waals surface area contributed by atoms with Crippen LogP contribution in [-0.4, -0.2) is 31.4 Å². The molecule has 0 aromatic carbocycles. The Labute approximate surface area is 102 Å². The molecule has 8 nitrogen and oxygen atoms in total. The van der Waals surface area contributed by atoms with E-state index in [4.69, 9.17) is 15.4 Å². The summed E-state index contributed by atoms with van der Waals surface area (Å²) in [6.45, 7) is 0. The van der Waals surface area contributed by atoms with Crippen LogP contribution < -0.4 is 5.73 Å². The highest BCUT2D eigenvalue weighted by Crippen LogP contribution is 2.17. The third-order valence-electron chi connectivity index (χ3n) is 2.23. The quantitative estimate of drug-likeness (QED) is 0.778. The Kier molecular flexibility index (Phi) is 3.58. The lowest BCUT2D eigenvalue weighted by Crippen LogP contribution is -2.12. The molecular formula is C10H11N5O3. The van der Waals surface area contributed by atoms with Gasteiger partial charge in [0.15, 0.2) is 0 Å². The van der Waals surface area contributed by atoms with Gasteiger partial charge in [-0.15, -0.1) is 5.10 Å². The molecule has 0 fully saturated rings. The van der Waals surface area contributed by atoms with Crippen LogP contribution in [0.4, 0.5) is 0 Å². The average Bonchev–Trinajstić information content (AvgIpc) is 2.86. The van der Waals surface area contributed by atoms with Gasteiger partial charge in [0.2, 0.25) is 11.7 Å². The monoisotopic (exact) mass is 249 g/mol. The predicted octanol–water partition coefficient (Wildman–Crippen LogP) is 0.391. The van der Waals surface area contributed by atoms with Crippen LogP contribution in [0.25, 0.3) is 11.5 Å². The van der Waals surface area contributed by atoms with Gasteiger partial charge in [-0.2, -0.15) is 10.1 Å². The SMILES string of the molecule is N[C@@H](CCC(=O)O)c1nc(-c2cccnn2)no1. The van der Waals surface area contributed by atoms with Gasteiger partial charge in [0.1, 0.15) is 5.69 Å². The number of aromatic nitrogens is 4. The molecule has 3 N–H and O–H groups in total. The van der Waals surface area contributed by atoms with Crippen molar-refractivity contribution < 1.29 is 14.4 Å². The Morgan fingerprint density at radius 1 is 1.56 bits per heavy atom. The maximum atomic E-state index is 10.4. The Morgan fingerprint density at radius 3 is 3.06 bits per heavy atom. The zero-order chi connectivity index (χ0) is 13.0. The van der Waals surface area contributed by atoms with E-state index in [1.807, 2.05) is 0 Å². The number of carbonyl (C=O) groups is 1. The van der Waals surface area contributed by atoms with Crippen molar-refractivity contribution in [1.82, 2.24) is 20.3 Å². The van der Waals surface area contributed by atoms with Gasteiger partial charge in [-0.3, -0.25) is 4.79 Å². The molecule has 0 aliphatic carbocycles. The molecule has 0 amide bonds. The highest BCUT2D eigenvalue weighted by Gasteiger charge is 2.17. The maximum absolute atomic E-state index is 10.4. The summed E-state index contributed by atoms with van der Waals surface area (Å²) in [5.74, 6) is -0.445. The number of aliphatic carboxylic acids is 1. The lowest BCUT2D eigenvalue weighted by Gasteiger charge is -2.02. The second-order valence-electron chi connectivity index (χ2n) is 3.60. The summed E-state index contributed by atoms with van der Waals surface area (Å²) in [6.07, 6.45) is 1.71. The fraction of sp³-hybridized carbons (Fsp3) is 0.300. The van der Waals surface area contributed by atoms with E-state index in [-0.39, 0.29) is 24.6 Å². The lowest BCUT2D eigenvalue weighted by molar-refractivity contribution is -0.137. The van der Waals surface area contributed by atoms with E-state index in [9.17, 15) is 4.79 Å². The minimum absolute atomic E-state index is 0.0516. The number of nitrogens with zero attached hydrogens (tertiary/aromatic N) is 4. The largest absolute Gasteiger partial charge is 0.481 e. The van der Waals surface area contributed by atoms with Crippen molar-refractivity contribution in [1.29, 1.82) is 0 Å². The van der Waals surface area contributed by atoms with Crippen LogP contribution >= 0.6 is 0 Å². The van der Waals surface area contributed by atoms with Crippen LogP contribution in [0.2, 0.25) is 0 Å². The van der Waals surface area contributed by atoms with Crippen molar-refractivity contribution in [2.45, 2.75) is 18.9 Å². The number of rotatable bonds is 5. The van der Waals surface area contributed by atoms with E-state index in [2.05, 4.69) is 20.3 Å². The van der Waals surface area contributed by atoms with E-state index < -0.39 is 12.0 Å². The molecule has 0 aliphatic heterocycles. The van der Waals surface area contributed by atoms with Crippen LogP contribution in [0.3, 0.4) is 0 Å². The predicted molar refractivity (Wildman–Crippen MR) is 59.1 cm³/mol. The molecule has 18 heavy (non-hydrogen) atoms. The second kappa shape index (κ2) is 5.32. The number of hydrogen-bond acceptors (Lipinski definition) is 7. The van der Waals surface area contributed by atoms with Crippen LogP contribution in [0.5, 0.6) is 0 Å². The summed E-state index contributed by atoms with van der Waals surface area (Å²) in [5.41, 5.74) is 6.21. The van der Waals surface area contributed by atoms with Crippen LogP contribution in [0.1, 0.15) is 24.8 Å². The molecule has 0 bridgehead atoms. The second-order valence-corrected chi connectivity index (χ2v) is 3.60. The first-order valence-corrected chi connectivity index (χ1v) is 5.26. The first-order valence-electron chi connectivity index (χ1n) is 5.26. The number of carboxylic acid groups (broad SMARTS) is 1. The number of hydrogen-bond donors (Lipinski definition) is 2. The fourth-order valence-corrected chi connectivity index (χ4v) is 1.31. The van der Waals surface area contributed by atoms with Gasteiger partial charge in [0.05, 0.1) is 6.04 Å². The summed E-state index contributed by atoms with van der Waals surface area (Å²) in [5, 5.41) is 19.8. The van der Waals surface area contributed by atoms with E-state index in [0.29, 0.717) is 5.69 Å². The van der Waals surface area contributed by atoms with Gasteiger partial charge in [-0.25, -0.2) is 0 Å². The van der Waals surface area contributed by atoms with Gasteiger partial charge < -0.3 is 15.4 Å². The molecule has 2 rings (SSSR count). The first kappa shape index (κ1) is 12.1. The minimum Gasteiger partial charge on any atom is -0.481 e. The first-order chi connectivity index (χ1) is 8.66. The Balaban J connectivity index is 2.08. The van der Waals surface area contributed by atoms with E-state index in [0.717, 1.165) is 0 Å². The van der Waals surface area contributed by atoms with E-state index in [1.54, 1.807) is 12.1 Å². The molecule has 1 atom stereocenters. The van der Waals surface area contributed by atoms with Crippen LogP contribution in [-0.2, 0) is 4.79 Å². The smallest absolute Gasteiger partial charge is 0.303 e. The zero-order valence-electron chi connectivity index (χ0n) is 9.35. The van der Waals surface area contributed by atoms with Gasteiger partial charge in [-0.1, -0.05) is 5.16 Å². The van der Waals surface area contributed by atoms with Crippen molar-refractivity contribution in [2.24, 2.45) is 5.73 Å². The molecule has 2 aromatic heterocycles. The summed E-state index contributed by atoms with van der Waals surface area (Å²) in [4.78, 5) is 14.5. The standard InChI is InChI=1S/C10H11N5O3/c11-6(3-4-8(16)17)10-13-9(15-18-10)7-2-1-5-12-14-7/h1-2,5-6H,3-4,11H2,(H,16,17)/t6-/m0/s1. The molecule has 0 radical (unpaired) electrons. The van der Waals surface area contributed by atoms with Gasteiger partial charge in [-0.05, 0) is 18.6 Å². The molecule has 0 unspecified atom stereocenters. The van der Waals surface area contributed by atoms with Crippen molar-refractivity contribution in [3.63, 3.8) is 0 Å². The number of nitrogens with two attached hydrogens (primary N) is 1. The molecular weight excluding hydrogens is 238 g/mol. The van der Waals surface area contributed by atoms with Gasteiger partial charge >= 0.3 is 5.97 Å². The zero-order valence-corrected chi connectivity index (χ0v) is 9.35. The van der Waals surface area contributed by atoms with Gasteiger partial charge in [0, 0.05) is 12.6 Å². The molecule has 94 valence electrons. The topological polar surface area (TPSA) is 128 Å². The molecule has 0 saturated heterocycles. The molecule has 0 saturated carbocycles. The minimum atomic E-state index is -0.917. The summed E-state index contributed by atoms with van der Waals surface area (Å²) in [6, 6.07) is 2.78. The number of carboxylic acids is 1. The Bertz CT molecular complexity index is 527. The van der Waals surface area contributed by atoms with E-state index in [1.165, 1.54) is 6.20 Å². The third kappa shape index (κ3) is 2.86. The van der Waals surface area contributed by atoms with Crippen LogP contribution in [0, 0.1) is 0 Å². The third-order valence-corrected chi connectivity index (χ3v) is 2.23. The van der Waals surface area contributed by atoms with E-state index >= 15 is 0 Å². The highest BCUT2D eigenvalue weighted by molar-refractivity contribution is 5.66. The van der Waals surface area contributed by atoms with Crippen molar-refractivity contribution in [2.75, 3.05) is 0 Å². The Hall–Kier alpha value is -2.35. The normalized spacial score (nSPS) is 12.3. The van der Waals surface area contributed by atoms with Crippen molar-refractivity contribution in [3.05, 3.63) is 24.2 Å². The summed E-state index contributed by atoms with van der Waals surface area (Å²) < 4.78 is 4.97. The summed E-state index contributed by atoms with van der Waals surface area (Å²) in [7, 11) is 0. The molecule has 2 aromatic rings. The van der Waals surface area contributed by atoms with Gasteiger partial charge in [0.25, 0.3) is 0 Å². The molecule has 0 aliphatic rings. The maximum Gasteiger partial charge on any atom is 0.303 e. The molecule has 0 spiro atoms. The van der Waals surface area contributed by atoms with Crippen molar-refractivity contribution >= 4 is 5.97 Å². The average molecular weight is 249 g/mol. The highest BCUT2D eigenvalue weighted by atomic mass is 16.5. The van der Waals surface area contributed by atoms with Crippen molar-refractivity contribution in [3.8, 4) is 11.5 Å². The summed E-state index contributed by atoms with van der Waals surface area (Å²) >= 11 is 0. The Morgan fingerprint density at radius 2 is 2.39 bits per heavy atom. The molecule has 8 heteroatoms. The van der Waals surface area contributed by atoms with Crippen LogP contribution in [0.15, 0.2) is 22.9 Å². The lowest BCUT2D eigenvalue weighted by atomic mass is 10.2. The fourth-order valence-electron chi connectivity index (χ4n) is 1.31.